The van der Waals surface area contributed by atoms with Crippen molar-refractivity contribution >= 4 is 10.2 Å². The van der Waals surface area contributed by atoms with Gasteiger partial charge in [0.2, 0.25) is 0 Å². The quantitative estimate of drug-likeness (QED) is 0.768. The predicted octanol–water partition coefficient (Wildman–Crippen LogP) is 1.28. The molecule has 1 N–H and O–H groups in total. The summed E-state index contributed by atoms with van der Waals surface area (Å²) in [6, 6.07) is 0. The molecule has 1 atom stereocenters. The maximum atomic E-state index is 11.9. The zero-order valence-electron chi connectivity index (χ0n) is 10.5. The van der Waals surface area contributed by atoms with Crippen molar-refractivity contribution in [3.63, 3.8) is 0 Å². The van der Waals surface area contributed by atoms with E-state index < -0.39 is 15.8 Å². The van der Waals surface area contributed by atoms with Crippen molar-refractivity contribution in [1.29, 1.82) is 0 Å². The molecule has 0 radical (unpaired) electrons. The van der Waals surface area contributed by atoms with Crippen molar-refractivity contribution in [2.24, 2.45) is 5.92 Å². The molecule has 0 saturated carbocycles. The molecule has 1 heterocycles. The topological polar surface area (TPSA) is 58.6 Å². The van der Waals surface area contributed by atoms with E-state index in [1.165, 1.54) is 4.31 Å². The number of hydrogen-bond donors (Lipinski definition) is 1. The van der Waals surface area contributed by atoms with Gasteiger partial charge in [-0.05, 0) is 39.5 Å². The minimum atomic E-state index is -3.49. The van der Waals surface area contributed by atoms with E-state index in [1.54, 1.807) is 20.8 Å². The Labute approximate surface area is 98.3 Å². The van der Waals surface area contributed by atoms with E-state index in [-0.39, 0.29) is 0 Å². The summed E-state index contributed by atoms with van der Waals surface area (Å²) in [4.78, 5) is 7.29. The van der Waals surface area contributed by atoms with E-state index in [4.69, 9.17) is 4.84 Å². The first-order valence-corrected chi connectivity index (χ1v) is 7.09. The number of nitrogens with one attached hydrogen (secondary N) is 1. The van der Waals surface area contributed by atoms with Gasteiger partial charge in [-0.1, -0.05) is 11.8 Å². The molecule has 0 spiro atoms. The van der Waals surface area contributed by atoms with E-state index in [0.29, 0.717) is 19.0 Å². The standard InChI is InChI=1S/C10H22N2O3S/c1-9-6-5-7-12(8-9)16(13,14)11-15-10(2,3)4/h9,11H,5-8H2,1-4H3. The fraction of sp³-hybridized carbons (Fsp3) is 1.00. The van der Waals surface area contributed by atoms with Crippen LogP contribution in [0.15, 0.2) is 0 Å². The van der Waals surface area contributed by atoms with E-state index in [0.717, 1.165) is 12.8 Å². The van der Waals surface area contributed by atoms with Crippen molar-refractivity contribution < 1.29 is 13.3 Å². The van der Waals surface area contributed by atoms with E-state index in [2.05, 4.69) is 11.8 Å². The monoisotopic (exact) mass is 250 g/mol. The molecule has 16 heavy (non-hydrogen) atoms. The Kier molecular flexibility index (Phi) is 4.34. The third-order valence-electron chi connectivity index (χ3n) is 2.41. The molecule has 1 aliphatic rings. The molecule has 0 aliphatic carbocycles. The van der Waals surface area contributed by atoms with Crippen molar-refractivity contribution in [3.05, 3.63) is 0 Å². The second-order valence-corrected chi connectivity index (χ2v) is 7.04. The highest BCUT2D eigenvalue weighted by molar-refractivity contribution is 7.87. The normalized spacial score (nSPS) is 24.6. The molecule has 0 bridgehead atoms. The second-order valence-electron chi connectivity index (χ2n) is 5.41. The highest BCUT2D eigenvalue weighted by Crippen LogP contribution is 2.18. The fourth-order valence-corrected chi connectivity index (χ4v) is 2.88. The lowest BCUT2D eigenvalue weighted by molar-refractivity contribution is -0.0386. The molecule has 1 fully saturated rings. The Morgan fingerprint density at radius 3 is 2.50 bits per heavy atom. The smallest absolute Gasteiger partial charge is 0.280 e. The van der Waals surface area contributed by atoms with Gasteiger partial charge in [-0.15, -0.1) is 0 Å². The van der Waals surface area contributed by atoms with Gasteiger partial charge in [0.15, 0.2) is 0 Å². The maximum Gasteiger partial charge on any atom is 0.301 e. The summed E-state index contributed by atoms with van der Waals surface area (Å²) >= 11 is 0. The molecule has 6 heteroatoms. The van der Waals surface area contributed by atoms with Gasteiger partial charge in [0.25, 0.3) is 0 Å². The van der Waals surface area contributed by atoms with Crippen molar-refractivity contribution in [2.45, 2.75) is 46.1 Å². The lowest BCUT2D eigenvalue weighted by Gasteiger charge is -2.30. The fourth-order valence-electron chi connectivity index (χ4n) is 1.59. The van der Waals surface area contributed by atoms with Gasteiger partial charge < -0.3 is 0 Å². The minimum Gasteiger partial charge on any atom is -0.280 e. The first-order valence-electron chi connectivity index (χ1n) is 5.65. The molecular formula is C10H22N2O3S. The van der Waals surface area contributed by atoms with Crippen LogP contribution in [-0.4, -0.2) is 31.4 Å². The van der Waals surface area contributed by atoms with Crippen LogP contribution >= 0.6 is 0 Å². The summed E-state index contributed by atoms with van der Waals surface area (Å²) in [5.74, 6) is 0.417. The molecule has 0 aromatic rings. The van der Waals surface area contributed by atoms with E-state index in [1.807, 2.05) is 0 Å². The van der Waals surface area contributed by atoms with Crippen LogP contribution in [0.25, 0.3) is 0 Å². The first-order chi connectivity index (χ1) is 7.21. The van der Waals surface area contributed by atoms with Gasteiger partial charge in [-0.3, -0.25) is 4.84 Å². The number of hydrogen-bond acceptors (Lipinski definition) is 3. The molecule has 1 aliphatic heterocycles. The lowest BCUT2D eigenvalue weighted by atomic mass is 10.0. The molecule has 5 nitrogen and oxygen atoms in total. The molecule has 0 amide bonds. The van der Waals surface area contributed by atoms with E-state index >= 15 is 0 Å². The minimum absolute atomic E-state index is 0.417. The van der Waals surface area contributed by atoms with Crippen molar-refractivity contribution in [1.82, 2.24) is 9.19 Å². The molecular weight excluding hydrogens is 228 g/mol. The molecule has 1 saturated heterocycles. The number of piperidine rings is 1. The summed E-state index contributed by atoms with van der Waals surface area (Å²) in [7, 11) is -3.49. The molecule has 1 rings (SSSR count). The SMILES string of the molecule is CC1CCCN(S(=O)(=O)NOC(C)(C)C)C1. The van der Waals surface area contributed by atoms with Crippen LogP contribution in [0.1, 0.15) is 40.5 Å². The third-order valence-corrected chi connectivity index (χ3v) is 3.72. The van der Waals surface area contributed by atoms with Crippen LogP contribution in [0.2, 0.25) is 0 Å². The Morgan fingerprint density at radius 2 is 2.00 bits per heavy atom. The molecule has 0 aromatic heterocycles. The average molecular weight is 250 g/mol. The third kappa shape index (κ3) is 4.37. The Morgan fingerprint density at radius 1 is 1.38 bits per heavy atom. The van der Waals surface area contributed by atoms with E-state index in [9.17, 15) is 8.42 Å². The highest BCUT2D eigenvalue weighted by Gasteiger charge is 2.28. The molecule has 96 valence electrons. The second kappa shape index (κ2) is 5.00. The van der Waals surface area contributed by atoms with Crippen LogP contribution in [-0.2, 0) is 15.0 Å². The number of rotatable bonds is 3. The Balaban J connectivity index is 2.56. The summed E-state index contributed by atoms with van der Waals surface area (Å²) in [5, 5.41) is 0. The summed E-state index contributed by atoms with van der Waals surface area (Å²) in [6.45, 7) is 8.61. The van der Waals surface area contributed by atoms with Gasteiger partial charge in [-0.2, -0.15) is 12.7 Å². The summed E-state index contributed by atoms with van der Waals surface area (Å²) in [5.41, 5.74) is -0.519. The molecule has 1 unspecified atom stereocenters. The Hall–Kier alpha value is -0.170. The highest BCUT2D eigenvalue weighted by atomic mass is 32.2. The van der Waals surface area contributed by atoms with Crippen molar-refractivity contribution in [3.8, 4) is 0 Å². The van der Waals surface area contributed by atoms with Gasteiger partial charge in [0, 0.05) is 13.1 Å². The first kappa shape index (κ1) is 13.9. The summed E-state index contributed by atoms with van der Waals surface area (Å²) in [6.07, 6.45) is 2.00. The van der Waals surface area contributed by atoms with Crippen LogP contribution in [0, 0.1) is 5.92 Å². The van der Waals surface area contributed by atoms with Crippen molar-refractivity contribution in [2.75, 3.05) is 13.1 Å². The van der Waals surface area contributed by atoms with Crippen LogP contribution in [0.5, 0.6) is 0 Å². The Bertz CT molecular complexity index is 321. The molecule has 0 aromatic carbocycles. The van der Waals surface area contributed by atoms with Gasteiger partial charge in [0.1, 0.15) is 0 Å². The number of nitrogens with zero attached hydrogens (tertiary/aromatic N) is 1. The maximum absolute atomic E-state index is 11.9. The zero-order chi connectivity index (χ0) is 12.4. The van der Waals surface area contributed by atoms with Crippen LogP contribution in [0.4, 0.5) is 0 Å². The largest absolute Gasteiger partial charge is 0.301 e. The van der Waals surface area contributed by atoms with Gasteiger partial charge in [0.05, 0.1) is 5.60 Å². The lowest BCUT2D eigenvalue weighted by Crippen LogP contribution is -2.47. The van der Waals surface area contributed by atoms with Gasteiger partial charge in [-0.25, -0.2) is 0 Å². The van der Waals surface area contributed by atoms with Crippen LogP contribution in [0.3, 0.4) is 0 Å². The average Bonchev–Trinajstić information content (AvgIpc) is 2.14. The van der Waals surface area contributed by atoms with Crippen LogP contribution < -0.4 is 4.89 Å². The summed E-state index contributed by atoms with van der Waals surface area (Å²) < 4.78 is 25.2. The van der Waals surface area contributed by atoms with Gasteiger partial charge >= 0.3 is 10.2 Å². The predicted molar refractivity (Wildman–Crippen MR) is 62.9 cm³/mol. The zero-order valence-corrected chi connectivity index (χ0v) is 11.3.